The summed E-state index contributed by atoms with van der Waals surface area (Å²) in [5.74, 6) is -2.20. The van der Waals surface area contributed by atoms with E-state index in [9.17, 15) is 18.0 Å². The molecule has 0 saturated heterocycles. The zero-order chi connectivity index (χ0) is 25.5. The van der Waals surface area contributed by atoms with E-state index in [2.05, 4.69) is 30.0 Å². The highest BCUT2D eigenvalue weighted by Crippen LogP contribution is 2.36. The summed E-state index contributed by atoms with van der Waals surface area (Å²) in [6, 6.07) is 6.84. The van der Waals surface area contributed by atoms with Gasteiger partial charge in [0.05, 0.1) is 30.8 Å². The third-order valence-electron chi connectivity index (χ3n) is 5.15. The number of nitrogens with zero attached hydrogens (tertiary/aromatic N) is 4. The number of aryl methyl sites for hydroxylation is 3. The number of alkyl halides is 3. The van der Waals surface area contributed by atoms with Crippen LogP contribution in [-0.4, -0.2) is 46.3 Å². The van der Waals surface area contributed by atoms with Gasteiger partial charge in [-0.05, 0) is 50.1 Å². The highest BCUT2D eigenvalue weighted by atomic mass is 19.4. The Morgan fingerprint density at radius 2 is 1.57 bits per heavy atom. The molecule has 0 spiro atoms. The maximum absolute atomic E-state index is 12.9. The third-order valence-corrected chi connectivity index (χ3v) is 5.15. The number of hydrogen-bond acceptors (Lipinski definition) is 9. The molecule has 0 aliphatic carbocycles. The second kappa shape index (κ2) is 8.85. The van der Waals surface area contributed by atoms with Gasteiger partial charge in [0.25, 0.3) is 0 Å². The molecule has 0 amide bonds. The second-order valence-electron chi connectivity index (χ2n) is 7.67. The Labute approximate surface area is 197 Å². The van der Waals surface area contributed by atoms with Gasteiger partial charge in [0.15, 0.2) is 11.5 Å². The van der Waals surface area contributed by atoms with Crippen LogP contribution in [0.1, 0.15) is 16.8 Å². The van der Waals surface area contributed by atoms with Crippen molar-refractivity contribution >= 4 is 39.7 Å². The lowest BCUT2D eigenvalue weighted by atomic mass is 10.1. The molecule has 2 aromatic heterocycles. The summed E-state index contributed by atoms with van der Waals surface area (Å²) in [5.41, 5.74) is 2.72. The van der Waals surface area contributed by atoms with E-state index < -0.39 is 18.0 Å². The first kappa shape index (κ1) is 23.9. The molecule has 182 valence electrons. The molecular formula is C23H20F3N5O4. The second-order valence-corrected chi connectivity index (χ2v) is 7.67. The van der Waals surface area contributed by atoms with Crippen LogP contribution in [0.2, 0.25) is 0 Å². The number of benzene rings is 2. The molecule has 0 aliphatic rings. The SMILES string of the molecule is COc1ccc2c(C)nc(Nc3nc(OC(=O)C(F)(F)F)c4cc(C)cc(C)c4n3)nc2c1OC. The molecule has 0 saturated carbocycles. The Hall–Kier alpha value is -4.22. The van der Waals surface area contributed by atoms with Gasteiger partial charge in [0.1, 0.15) is 5.52 Å². The number of anilines is 2. The number of methoxy groups -OCH3 is 2. The van der Waals surface area contributed by atoms with Crippen LogP contribution in [0.4, 0.5) is 25.1 Å². The summed E-state index contributed by atoms with van der Waals surface area (Å²) < 4.78 is 54.1. The van der Waals surface area contributed by atoms with Crippen LogP contribution in [0.3, 0.4) is 0 Å². The lowest BCUT2D eigenvalue weighted by Crippen LogP contribution is -2.28. The summed E-state index contributed by atoms with van der Waals surface area (Å²) in [7, 11) is 2.97. The number of halogens is 3. The molecule has 2 heterocycles. The fraction of sp³-hybridized carbons (Fsp3) is 0.261. The molecule has 1 N–H and O–H groups in total. The lowest BCUT2D eigenvalue weighted by Gasteiger charge is -2.14. The summed E-state index contributed by atoms with van der Waals surface area (Å²) in [4.78, 5) is 28.8. The van der Waals surface area contributed by atoms with Crippen molar-refractivity contribution in [2.45, 2.75) is 26.9 Å². The van der Waals surface area contributed by atoms with E-state index in [-0.39, 0.29) is 17.3 Å². The Kier molecular flexibility index (Phi) is 6.05. The molecule has 12 heteroatoms. The smallest absolute Gasteiger partial charge is 0.491 e. The monoisotopic (exact) mass is 487 g/mol. The first-order chi connectivity index (χ1) is 16.5. The highest BCUT2D eigenvalue weighted by molar-refractivity contribution is 5.92. The fourth-order valence-electron chi connectivity index (χ4n) is 3.66. The molecule has 35 heavy (non-hydrogen) atoms. The summed E-state index contributed by atoms with van der Waals surface area (Å²) in [6.45, 7) is 5.24. The molecule has 0 atom stereocenters. The van der Waals surface area contributed by atoms with Crippen LogP contribution in [0.25, 0.3) is 21.8 Å². The molecule has 0 bridgehead atoms. The Balaban J connectivity index is 1.85. The minimum Gasteiger partial charge on any atom is -0.493 e. The van der Waals surface area contributed by atoms with Crippen molar-refractivity contribution in [3.63, 3.8) is 0 Å². The van der Waals surface area contributed by atoms with Gasteiger partial charge in [0.2, 0.25) is 17.8 Å². The van der Waals surface area contributed by atoms with E-state index in [1.165, 1.54) is 14.2 Å². The van der Waals surface area contributed by atoms with Crippen LogP contribution >= 0.6 is 0 Å². The number of hydrogen-bond donors (Lipinski definition) is 1. The fourth-order valence-corrected chi connectivity index (χ4v) is 3.66. The predicted octanol–water partition coefficient (Wildman–Crippen LogP) is 4.73. The van der Waals surface area contributed by atoms with Gasteiger partial charge in [0, 0.05) is 5.39 Å². The van der Waals surface area contributed by atoms with Crippen molar-refractivity contribution in [3.05, 3.63) is 41.1 Å². The number of fused-ring (bicyclic) bond motifs is 2. The van der Waals surface area contributed by atoms with Gasteiger partial charge in [-0.2, -0.15) is 18.2 Å². The quantitative estimate of drug-likeness (QED) is 0.400. The zero-order valence-corrected chi connectivity index (χ0v) is 19.4. The van der Waals surface area contributed by atoms with Gasteiger partial charge < -0.3 is 14.2 Å². The van der Waals surface area contributed by atoms with Gasteiger partial charge in [-0.15, -0.1) is 0 Å². The summed E-state index contributed by atoms with van der Waals surface area (Å²) >= 11 is 0. The van der Waals surface area contributed by atoms with Crippen LogP contribution in [-0.2, 0) is 4.79 Å². The number of rotatable bonds is 5. The largest absolute Gasteiger partial charge is 0.493 e. The van der Waals surface area contributed by atoms with Crippen molar-refractivity contribution in [1.29, 1.82) is 0 Å². The van der Waals surface area contributed by atoms with E-state index in [4.69, 9.17) is 9.47 Å². The van der Waals surface area contributed by atoms with E-state index in [1.807, 2.05) is 0 Å². The van der Waals surface area contributed by atoms with Gasteiger partial charge >= 0.3 is 12.1 Å². The molecule has 4 rings (SSSR count). The van der Waals surface area contributed by atoms with Crippen LogP contribution in [0.15, 0.2) is 24.3 Å². The van der Waals surface area contributed by atoms with Crippen LogP contribution in [0.5, 0.6) is 17.4 Å². The average Bonchev–Trinajstić information content (AvgIpc) is 2.78. The van der Waals surface area contributed by atoms with Crippen molar-refractivity contribution in [2.75, 3.05) is 19.5 Å². The van der Waals surface area contributed by atoms with Crippen molar-refractivity contribution in [2.24, 2.45) is 0 Å². The van der Waals surface area contributed by atoms with Crippen LogP contribution in [0, 0.1) is 20.8 Å². The van der Waals surface area contributed by atoms with Crippen molar-refractivity contribution < 1.29 is 32.2 Å². The van der Waals surface area contributed by atoms with Crippen molar-refractivity contribution in [3.8, 4) is 17.4 Å². The summed E-state index contributed by atoms with van der Waals surface area (Å²) in [5, 5.41) is 3.67. The van der Waals surface area contributed by atoms with E-state index in [1.54, 1.807) is 45.0 Å². The van der Waals surface area contributed by atoms with Gasteiger partial charge in [-0.25, -0.2) is 19.7 Å². The maximum Gasteiger partial charge on any atom is 0.491 e. The maximum atomic E-state index is 12.9. The first-order valence-corrected chi connectivity index (χ1v) is 10.3. The number of esters is 1. The van der Waals surface area contributed by atoms with Crippen molar-refractivity contribution in [1.82, 2.24) is 19.9 Å². The Morgan fingerprint density at radius 1 is 0.886 bits per heavy atom. The molecule has 0 aliphatic heterocycles. The minimum atomic E-state index is -5.20. The molecule has 0 radical (unpaired) electrons. The zero-order valence-electron chi connectivity index (χ0n) is 19.4. The summed E-state index contributed by atoms with van der Waals surface area (Å²) in [6.07, 6.45) is -5.20. The standard InChI is InChI=1S/C23H20F3N5O4/c1-10-8-11(2)16-14(9-10)19(35-20(32)23(24,25)26)30-22(28-16)31-21-27-12(3)13-6-7-15(33-4)18(34-5)17(13)29-21/h6-9H,1-5H3,(H,27,28,29,30,31). The molecule has 9 nitrogen and oxygen atoms in total. The van der Waals surface area contributed by atoms with E-state index in [0.29, 0.717) is 39.2 Å². The Bertz CT molecular complexity index is 1470. The molecule has 0 unspecified atom stereocenters. The Morgan fingerprint density at radius 3 is 2.23 bits per heavy atom. The highest BCUT2D eigenvalue weighted by Gasteiger charge is 2.42. The normalized spacial score (nSPS) is 11.5. The predicted molar refractivity (Wildman–Crippen MR) is 121 cm³/mol. The number of aromatic nitrogens is 4. The van der Waals surface area contributed by atoms with Gasteiger partial charge in [-0.3, -0.25) is 5.32 Å². The minimum absolute atomic E-state index is 0.0544. The number of carbonyl (C=O) groups excluding carboxylic acids is 1. The van der Waals surface area contributed by atoms with E-state index in [0.717, 1.165) is 5.56 Å². The van der Waals surface area contributed by atoms with Gasteiger partial charge in [-0.1, -0.05) is 6.07 Å². The molecule has 4 aromatic rings. The van der Waals surface area contributed by atoms with Crippen LogP contribution < -0.4 is 19.5 Å². The third kappa shape index (κ3) is 4.59. The van der Waals surface area contributed by atoms with E-state index >= 15 is 0 Å². The lowest BCUT2D eigenvalue weighted by molar-refractivity contribution is -0.189. The molecular weight excluding hydrogens is 467 g/mol. The molecule has 0 fully saturated rings. The number of ether oxygens (including phenoxy) is 3. The first-order valence-electron chi connectivity index (χ1n) is 10.3. The molecule has 2 aromatic carbocycles. The average molecular weight is 487 g/mol. The number of carbonyl (C=O) groups is 1. The topological polar surface area (TPSA) is 108 Å². The number of nitrogens with one attached hydrogen (secondary N) is 1.